The van der Waals surface area contributed by atoms with Gasteiger partial charge in [0.15, 0.2) is 0 Å². The molecule has 1 aromatic carbocycles. The summed E-state index contributed by atoms with van der Waals surface area (Å²) in [6.45, 7) is 0.703. The van der Waals surface area contributed by atoms with Gasteiger partial charge in [0, 0.05) is 18.0 Å². The van der Waals surface area contributed by atoms with Crippen LogP contribution in [-0.4, -0.2) is 13.1 Å². The zero-order valence-corrected chi connectivity index (χ0v) is 9.40. The summed E-state index contributed by atoms with van der Waals surface area (Å²) in [5.41, 5.74) is -1.27. The second-order valence-corrected chi connectivity index (χ2v) is 4.39. The topological polar surface area (TPSA) is 12.0 Å². The highest BCUT2D eigenvalue weighted by atomic mass is 19.4. The van der Waals surface area contributed by atoms with Crippen molar-refractivity contribution in [1.29, 1.82) is 0 Å². The molecule has 0 aliphatic carbocycles. The summed E-state index contributed by atoms with van der Waals surface area (Å²) >= 11 is 0. The fourth-order valence-electron chi connectivity index (χ4n) is 2.08. The van der Waals surface area contributed by atoms with Crippen molar-refractivity contribution in [1.82, 2.24) is 5.32 Å². The van der Waals surface area contributed by atoms with E-state index < -0.39 is 23.6 Å². The van der Waals surface area contributed by atoms with Gasteiger partial charge in [-0.1, -0.05) is 12.1 Å². The van der Waals surface area contributed by atoms with Gasteiger partial charge in [0.05, 0.1) is 5.56 Å². The summed E-state index contributed by atoms with van der Waals surface area (Å²) < 4.78 is 64.9. The zero-order chi connectivity index (χ0) is 13.4. The van der Waals surface area contributed by atoms with Gasteiger partial charge in [-0.2, -0.15) is 13.2 Å². The van der Waals surface area contributed by atoms with Crippen LogP contribution in [-0.2, 0) is 12.1 Å². The fraction of sp³-hybridized carbons (Fsp3) is 0.500. The van der Waals surface area contributed by atoms with Gasteiger partial charge in [-0.05, 0) is 25.1 Å². The molecule has 1 aromatic rings. The number of alkyl halides is 5. The summed E-state index contributed by atoms with van der Waals surface area (Å²) in [5.74, 6) is -3.94. The minimum atomic E-state index is -4.50. The molecular formula is C12H12F5N. The lowest BCUT2D eigenvalue weighted by Gasteiger charge is -2.23. The summed E-state index contributed by atoms with van der Waals surface area (Å²) in [5, 5.41) is 2.82. The molecule has 100 valence electrons. The predicted octanol–water partition coefficient (Wildman–Crippen LogP) is 3.41. The third-order valence-corrected chi connectivity index (χ3v) is 3.17. The van der Waals surface area contributed by atoms with Gasteiger partial charge in [-0.3, -0.25) is 0 Å². The van der Waals surface area contributed by atoms with Gasteiger partial charge in [0.25, 0.3) is 5.92 Å². The molecule has 0 spiro atoms. The highest BCUT2D eigenvalue weighted by molar-refractivity contribution is 5.28. The SMILES string of the molecule is FC(F)(F)c1ccc(C(F)(F)C2CCNC2)cc1. The molecule has 1 heterocycles. The monoisotopic (exact) mass is 265 g/mol. The van der Waals surface area contributed by atoms with Crippen LogP contribution in [0.3, 0.4) is 0 Å². The number of benzene rings is 1. The Hall–Kier alpha value is -1.17. The molecule has 0 bridgehead atoms. The maximum atomic E-state index is 14.0. The summed E-state index contributed by atoms with van der Waals surface area (Å²) in [6, 6.07) is 3.12. The summed E-state index contributed by atoms with van der Waals surface area (Å²) in [6.07, 6.45) is -4.17. The van der Waals surface area contributed by atoms with Gasteiger partial charge in [-0.15, -0.1) is 0 Å². The molecule has 0 aromatic heterocycles. The zero-order valence-electron chi connectivity index (χ0n) is 9.40. The maximum Gasteiger partial charge on any atom is 0.416 e. The van der Waals surface area contributed by atoms with Crippen molar-refractivity contribution in [3.05, 3.63) is 35.4 Å². The van der Waals surface area contributed by atoms with E-state index in [2.05, 4.69) is 5.32 Å². The lowest BCUT2D eigenvalue weighted by Crippen LogP contribution is -2.27. The van der Waals surface area contributed by atoms with E-state index in [0.29, 0.717) is 25.1 Å². The van der Waals surface area contributed by atoms with Crippen molar-refractivity contribution in [2.45, 2.75) is 18.5 Å². The van der Waals surface area contributed by atoms with Crippen LogP contribution in [0.2, 0.25) is 0 Å². The Balaban J connectivity index is 2.23. The predicted molar refractivity (Wildman–Crippen MR) is 56.3 cm³/mol. The van der Waals surface area contributed by atoms with Crippen LogP contribution in [0.1, 0.15) is 17.5 Å². The van der Waals surface area contributed by atoms with Gasteiger partial charge < -0.3 is 5.32 Å². The lowest BCUT2D eigenvalue weighted by molar-refractivity contribution is -0.137. The molecule has 1 aliphatic heterocycles. The van der Waals surface area contributed by atoms with E-state index in [0.717, 1.165) is 12.1 Å². The van der Waals surface area contributed by atoms with E-state index in [1.54, 1.807) is 0 Å². The van der Waals surface area contributed by atoms with Crippen LogP contribution in [0.5, 0.6) is 0 Å². The quantitative estimate of drug-likeness (QED) is 0.808. The van der Waals surface area contributed by atoms with Crippen molar-refractivity contribution in [3.63, 3.8) is 0 Å². The molecule has 1 N–H and O–H groups in total. The molecular weight excluding hydrogens is 253 g/mol. The molecule has 0 saturated carbocycles. The van der Waals surface area contributed by atoms with Crippen LogP contribution in [0.25, 0.3) is 0 Å². The van der Waals surface area contributed by atoms with Crippen LogP contribution in [0.15, 0.2) is 24.3 Å². The first kappa shape index (κ1) is 13.3. The lowest BCUT2D eigenvalue weighted by atomic mass is 9.93. The average Bonchev–Trinajstić information content (AvgIpc) is 2.82. The minimum Gasteiger partial charge on any atom is -0.316 e. The minimum absolute atomic E-state index is 0.189. The van der Waals surface area contributed by atoms with E-state index in [-0.39, 0.29) is 12.1 Å². The third kappa shape index (κ3) is 2.48. The van der Waals surface area contributed by atoms with Crippen molar-refractivity contribution in [2.24, 2.45) is 5.92 Å². The first-order valence-corrected chi connectivity index (χ1v) is 5.58. The third-order valence-electron chi connectivity index (χ3n) is 3.17. The van der Waals surface area contributed by atoms with Crippen molar-refractivity contribution in [2.75, 3.05) is 13.1 Å². The number of hydrogen-bond acceptors (Lipinski definition) is 1. The standard InChI is InChI=1S/C12H12F5N/c13-11(14,10-5-6-18-7-10)8-1-3-9(4-2-8)12(15,16)17/h1-4,10,18H,5-7H2. The van der Waals surface area contributed by atoms with E-state index in [1.807, 2.05) is 0 Å². The van der Waals surface area contributed by atoms with E-state index in [1.165, 1.54) is 0 Å². The molecule has 1 saturated heterocycles. The molecule has 1 aliphatic rings. The largest absolute Gasteiger partial charge is 0.416 e. The molecule has 18 heavy (non-hydrogen) atoms. The van der Waals surface area contributed by atoms with Crippen LogP contribution in [0, 0.1) is 5.92 Å². The normalized spacial score (nSPS) is 21.3. The molecule has 1 unspecified atom stereocenters. The van der Waals surface area contributed by atoms with Crippen LogP contribution >= 0.6 is 0 Å². The van der Waals surface area contributed by atoms with E-state index in [4.69, 9.17) is 0 Å². The molecule has 1 nitrogen and oxygen atoms in total. The number of hydrogen-bond donors (Lipinski definition) is 1. The summed E-state index contributed by atoms with van der Waals surface area (Å²) in [7, 11) is 0. The Morgan fingerprint density at radius 3 is 1.94 bits per heavy atom. The Bertz CT molecular complexity index is 403. The molecule has 1 atom stereocenters. The highest BCUT2D eigenvalue weighted by Crippen LogP contribution is 2.40. The highest BCUT2D eigenvalue weighted by Gasteiger charge is 2.43. The van der Waals surface area contributed by atoms with Crippen molar-refractivity contribution >= 4 is 0 Å². The van der Waals surface area contributed by atoms with Crippen molar-refractivity contribution in [3.8, 4) is 0 Å². The second-order valence-electron chi connectivity index (χ2n) is 4.39. The van der Waals surface area contributed by atoms with E-state index >= 15 is 0 Å². The Kier molecular flexibility index (Phi) is 3.31. The van der Waals surface area contributed by atoms with Gasteiger partial charge >= 0.3 is 6.18 Å². The van der Waals surface area contributed by atoms with Crippen molar-refractivity contribution < 1.29 is 22.0 Å². The average molecular weight is 265 g/mol. The van der Waals surface area contributed by atoms with Crippen LogP contribution < -0.4 is 5.32 Å². The summed E-state index contributed by atoms with van der Waals surface area (Å²) in [4.78, 5) is 0. The molecule has 2 rings (SSSR count). The maximum absolute atomic E-state index is 14.0. The Morgan fingerprint density at radius 1 is 0.944 bits per heavy atom. The second kappa shape index (κ2) is 4.50. The number of halogens is 5. The fourth-order valence-corrected chi connectivity index (χ4v) is 2.08. The molecule has 0 amide bonds. The Labute approximate surface area is 101 Å². The molecule has 0 radical (unpaired) electrons. The number of nitrogens with one attached hydrogen (secondary N) is 1. The first-order valence-electron chi connectivity index (χ1n) is 5.58. The Morgan fingerprint density at radius 2 is 1.50 bits per heavy atom. The molecule has 6 heteroatoms. The smallest absolute Gasteiger partial charge is 0.316 e. The van der Waals surface area contributed by atoms with Gasteiger partial charge in [0.2, 0.25) is 0 Å². The van der Waals surface area contributed by atoms with Crippen LogP contribution in [0.4, 0.5) is 22.0 Å². The van der Waals surface area contributed by atoms with Gasteiger partial charge in [-0.25, -0.2) is 8.78 Å². The number of rotatable bonds is 2. The van der Waals surface area contributed by atoms with E-state index in [9.17, 15) is 22.0 Å². The first-order chi connectivity index (χ1) is 8.32. The van der Waals surface area contributed by atoms with Gasteiger partial charge in [0.1, 0.15) is 0 Å². The molecule has 1 fully saturated rings.